The van der Waals surface area contributed by atoms with Gasteiger partial charge in [-0.2, -0.15) is 0 Å². The van der Waals surface area contributed by atoms with Gasteiger partial charge in [-0.25, -0.2) is 0 Å². The van der Waals surface area contributed by atoms with Crippen molar-refractivity contribution in [1.82, 2.24) is 0 Å². The molecule has 0 aromatic heterocycles. The second-order valence-corrected chi connectivity index (χ2v) is 14.4. The Hall–Kier alpha value is 1.65. The molecule has 0 aromatic carbocycles. The van der Waals surface area contributed by atoms with Crippen LogP contribution in [0.4, 0.5) is 0 Å². The summed E-state index contributed by atoms with van der Waals surface area (Å²) < 4.78 is 37.3. The highest BCUT2D eigenvalue weighted by Crippen LogP contribution is 2.20. The molecule has 0 aliphatic rings. The first-order valence-corrected chi connectivity index (χ1v) is 18.9. The summed E-state index contributed by atoms with van der Waals surface area (Å²) in [5.41, 5.74) is 0. The van der Waals surface area contributed by atoms with Gasteiger partial charge in [0.05, 0.1) is 0 Å². The summed E-state index contributed by atoms with van der Waals surface area (Å²) in [6.07, 6.45) is 5.27. The molecule has 0 radical (unpaired) electrons. The molecule has 0 rings (SSSR count). The number of rotatable bonds is 21. The van der Waals surface area contributed by atoms with Gasteiger partial charge in [0.2, 0.25) is 0 Å². The summed E-state index contributed by atoms with van der Waals surface area (Å²) in [5, 5.41) is 0. The Balaban J connectivity index is 0. The van der Waals surface area contributed by atoms with Crippen LogP contribution in [-0.2, 0) is 26.6 Å². The van der Waals surface area contributed by atoms with Crippen LogP contribution in [0, 0.1) is 0 Å². The zero-order valence-electron chi connectivity index (χ0n) is 20.8. The van der Waals surface area contributed by atoms with E-state index in [1.807, 2.05) is 20.8 Å². The highest BCUT2D eigenvalue weighted by atomic mass is 127. The van der Waals surface area contributed by atoms with Gasteiger partial charge in [0, 0.05) is 51.7 Å². The molecule has 10 heteroatoms. The second kappa shape index (κ2) is 24.8. The van der Waals surface area contributed by atoms with E-state index in [9.17, 15) is 0 Å². The fourth-order valence-electron chi connectivity index (χ4n) is 2.68. The molecule has 0 saturated heterocycles. The average Bonchev–Trinajstić information content (AvgIpc) is 2.78. The average molecular weight is 707 g/mol. The third-order valence-corrected chi connectivity index (χ3v) is 11.5. The molecule has 6 nitrogen and oxygen atoms in total. The summed E-state index contributed by atoms with van der Waals surface area (Å²) in [5.74, 6) is 0. The summed E-state index contributed by atoms with van der Waals surface area (Å²) in [7, 11) is -4.71. The molecule has 0 saturated carbocycles. The molecule has 0 aromatic rings. The van der Waals surface area contributed by atoms with Gasteiger partial charge in [0.1, 0.15) is 0 Å². The first-order chi connectivity index (χ1) is 15.0. The Kier molecular flexibility index (Phi) is 27.8. The van der Waals surface area contributed by atoms with Crippen molar-refractivity contribution in [2.24, 2.45) is 0 Å². The van der Waals surface area contributed by atoms with E-state index in [2.05, 4.69) is 66.0 Å². The number of hydrogen-bond donors (Lipinski definition) is 0. The van der Waals surface area contributed by atoms with Crippen LogP contribution in [0.1, 0.15) is 73.6 Å². The molecule has 190 valence electrons. The van der Waals surface area contributed by atoms with E-state index >= 15 is 0 Å². The van der Waals surface area contributed by atoms with E-state index in [1.54, 1.807) is 0 Å². The largest absolute Gasteiger partial charge is 0.500 e. The molecule has 0 heterocycles. The van der Waals surface area contributed by atoms with Crippen LogP contribution in [0.5, 0.6) is 0 Å². The minimum atomic E-state index is -2.38. The maximum atomic E-state index is 5.98. The van der Waals surface area contributed by atoms with Crippen molar-refractivity contribution in [2.75, 3.05) is 48.5 Å². The first kappa shape index (κ1) is 34.8. The second-order valence-electron chi connectivity index (χ2n) is 6.80. The quantitative estimate of drug-likeness (QED) is 0.0737. The zero-order valence-corrected chi connectivity index (χ0v) is 27.1. The Morgan fingerprint density at radius 3 is 1.00 bits per heavy atom. The van der Waals surface area contributed by atoms with Crippen LogP contribution < -0.4 is 0 Å². The maximum Gasteiger partial charge on any atom is 0.500 e. The molecule has 0 amide bonds. The van der Waals surface area contributed by atoms with Crippen LogP contribution in [-0.4, -0.2) is 66.1 Å². The minimum absolute atomic E-state index is 0.674. The molecular weight excluding hydrogens is 658 g/mol. The van der Waals surface area contributed by atoms with Crippen LogP contribution in [0.25, 0.3) is 0 Å². The molecule has 0 aliphatic heterocycles. The molecule has 0 N–H and O–H groups in total. The standard InChI is InChI=1S/C12H27IO3Si.C9H21IO3Si/c1-4-9-14-17(12-7-8-13,15-10-5-2)16-11-6-3;1-4-11-14(12-5-2,13-6-3)9-7-8-10/h4-12H2,1-3H3;4-9H2,1-3H3. The normalized spacial score (nSPS) is 12.0. The third-order valence-electron chi connectivity index (χ3n) is 3.90. The third kappa shape index (κ3) is 18.6. The first-order valence-electron chi connectivity index (χ1n) is 11.9. The van der Waals surface area contributed by atoms with Crippen LogP contribution >= 0.6 is 45.2 Å². The SMILES string of the molecule is CCCO[Si](CCCI)(OCCC)OCCC.CCO[Si](CCCI)(OCC)OCC. The van der Waals surface area contributed by atoms with Gasteiger partial charge in [-0.1, -0.05) is 66.0 Å². The Morgan fingerprint density at radius 1 is 0.484 bits per heavy atom. The van der Waals surface area contributed by atoms with E-state index in [0.717, 1.165) is 72.9 Å². The predicted octanol–water partition coefficient (Wildman–Crippen LogP) is 6.89. The molecule has 0 bridgehead atoms. The lowest BCUT2D eigenvalue weighted by molar-refractivity contribution is 0.0591. The molecule has 31 heavy (non-hydrogen) atoms. The maximum absolute atomic E-state index is 5.98. The van der Waals surface area contributed by atoms with Gasteiger partial charge >= 0.3 is 17.6 Å². The van der Waals surface area contributed by atoms with Crippen molar-refractivity contribution in [3.05, 3.63) is 0 Å². The summed E-state index contributed by atoms with van der Waals surface area (Å²) >= 11 is 4.76. The molecule has 0 aliphatic carbocycles. The van der Waals surface area contributed by atoms with Gasteiger partial charge in [-0.3, -0.25) is 0 Å². The van der Waals surface area contributed by atoms with Crippen LogP contribution in [0.2, 0.25) is 12.1 Å². The lowest BCUT2D eigenvalue weighted by Crippen LogP contribution is -2.46. The van der Waals surface area contributed by atoms with Crippen LogP contribution in [0.3, 0.4) is 0 Å². The van der Waals surface area contributed by atoms with Crippen molar-refractivity contribution in [3.8, 4) is 0 Å². The molecule has 0 fully saturated rings. The van der Waals surface area contributed by atoms with Gasteiger partial charge in [-0.15, -0.1) is 0 Å². The lowest BCUT2D eigenvalue weighted by atomic mass is 10.5. The summed E-state index contributed by atoms with van der Waals surface area (Å²) in [6.45, 7) is 16.6. The number of alkyl halides is 2. The van der Waals surface area contributed by atoms with Crippen molar-refractivity contribution in [3.63, 3.8) is 0 Å². The van der Waals surface area contributed by atoms with E-state index in [4.69, 9.17) is 26.6 Å². The zero-order chi connectivity index (χ0) is 23.8. The topological polar surface area (TPSA) is 55.4 Å². The lowest BCUT2D eigenvalue weighted by Gasteiger charge is -2.29. The predicted molar refractivity (Wildman–Crippen MR) is 152 cm³/mol. The molecule has 0 unspecified atom stereocenters. The minimum Gasteiger partial charge on any atom is -0.374 e. The van der Waals surface area contributed by atoms with E-state index in [0.29, 0.717) is 19.8 Å². The van der Waals surface area contributed by atoms with E-state index in [1.165, 1.54) is 0 Å². The number of hydrogen-bond acceptors (Lipinski definition) is 6. The van der Waals surface area contributed by atoms with Gasteiger partial charge < -0.3 is 26.6 Å². The highest BCUT2D eigenvalue weighted by molar-refractivity contribution is 14.1. The Labute approximate surface area is 222 Å². The van der Waals surface area contributed by atoms with Gasteiger partial charge in [-0.05, 0) is 61.7 Å². The van der Waals surface area contributed by atoms with E-state index < -0.39 is 17.6 Å². The van der Waals surface area contributed by atoms with Crippen molar-refractivity contribution >= 4 is 62.8 Å². The summed E-state index contributed by atoms with van der Waals surface area (Å²) in [4.78, 5) is 0. The summed E-state index contributed by atoms with van der Waals surface area (Å²) in [6, 6.07) is 1.89. The molecular formula is C21H48I2O6Si2. The van der Waals surface area contributed by atoms with Crippen molar-refractivity contribution in [2.45, 2.75) is 85.7 Å². The van der Waals surface area contributed by atoms with Gasteiger partial charge in [0.15, 0.2) is 0 Å². The highest BCUT2D eigenvalue weighted by Gasteiger charge is 2.40. The van der Waals surface area contributed by atoms with E-state index in [-0.39, 0.29) is 0 Å². The Bertz CT molecular complexity index is 316. The smallest absolute Gasteiger partial charge is 0.374 e. The van der Waals surface area contributed by atoms with Crippen molar-refractivity contribution in [1.29, 1.82) is 0 Å². The van der Waals surface area contributed by atoms with Crippen LogP contribution in [0.15, 0.2) is 0 Å². The van der Waals surface area contributed by atoms with Crippen molar-refractivity contribution < 1.29 is 26.6 Å². The van der Waals surface area contributed by atoms with Gasteiger partial charge in [0.25, 0.3) is 0 Å². The molecule has 0 atom stereocenters. The monoisotopic (exact) mass is 706 g/mol. The fraction of sp³-hybridized carbons (Fsp3) is 1.00. The molecule has 0 spiro atoms. The number of halogens is 2. The Morgan fingerprint density at radius 2 is 0.774 bits per heavy atom. The fourth-order valence-corrected chi connectivity index (χ4v) is 10.3.